The Morgan fingerprint density at radius 1 is 1.08 bits per heavy atom. The van der Waals surface area contributed by atoms with E-state index in [4.69, 9.17) is 9.47 Å². The fourth-order valence-corrected chi connectivity index (χ4v) is 1.08. The molecule has 74 valence electrons. The predicted octanol–water partition coefficient (Wildman–Crippen LogP) is 2.48. The van der Waals surface area contributed by atoms with Gasteiger partial charge in [0.1, 0.15) is 0 Å². The molecule has 0 aliphatic carbocycles. The predicted molar refractivity (Wildman–Crippen MR) is 51.4 cm³/mol. The van der Waals surface area contributed by atoms with Gasteiger partial charge in [-0.1, -0.05) is 6.92 Å². The smallest absolute Gasteiger partial charge is 0.0491 e. The molecule has 2 heteroatoms. The zero-order valence-electron chi connectivity index (χ0n) is 8.64. The Morgan fingerprint density at radius 3 is 2.33 bits per heavy atom. The first-order valence-electron chi connectivity index (χ1n) is 4.96. The third-order valence-corrected chi connectivity index (χ3v) is 1.80. The van der Waals surface area contributed by atoms with Crippen LogP contribution >= 0.6 is 0 Å². The number of rotatable bonds is 8. The quantitative estimate of drug-likeness (QED) is 0.526. The number of ether oxygens (including phenoxy) is 2. The first kappa shape index (κ1) is 11.9. The van der Waals surface area contributed by atoms with Crippen molar-refractivity contribution in [3.8, 4) is 0 Å². The normalized spacial score (nSPS) is 13.2. The Balaban J connectivity index is 3.02. The van der Waals surface area contributed by atoms with Crippen LogP contribution in [0.2, 0.25) is 0 Å². The molecule has 0 saturated heterocycles. The number of hydrogen-bond donors (Lipinski definition) is 0. The van der Waals surface area contributed by atoms with Crippen molar-refractivity contribution in [2.24, 2.45) is 5.92 Å². The van der Waals surface area contributed by atoms with Gasteiger partial charge in [-0.3, -0.25) is 0 Å². The molecule has 0 aliphatic heterocycles. The average Bonchev–Trinajstić information content (AvgIpc) is 2.09. The topological polar surface area (TPSA) is 18.5 Å². The third kappa shape index (κ3) is 8.02. The summed E-state index contributed by atoms with van der Waals surface area (Å²) >= 11 is 0. The van der Waals surface area contributed by atoms with Gasteiger partial charge < -0.3 is 9.47 Å². The molecule has 1 unspecified atom stereocenters. The van der Waals surface area contributed by atoms with Gasteiger partial charge in [-0.25, -0.2) is 0 Å². The summed E-state index contributed by atoms with van der Waals surface area (Å²) in [7, 11) is 0. The van der Waals surface area contributed by atoms with Gasteiger partial charge in [-0.15, -0.1) is 0 Å². The Labute approximate surface area is 76.3 Å². The summed E-state index contributed by atoms with van der Waals surface area (Å²) in [5.74, 6) is 0.672. The van der Waals surface area contributed by atoms with E-state index in [0.29, 0.717) is 5.92 Å². The van der Waals surface area contributed by atoms with E-state index >= 15 is 0 Å². The second kappa shape index (κ2) is 9.01. The van der Waals surface area contributed by atoms with Crippen molar-refractivity contribution < 1.29 is 9.47 Å². The molecule has 0 aromatic heterocycles. The highest BCUT2D eigenvalue weighted by atomic mass is 16.5. The van der Waals surface area contributed by atoms with Crippen molar-refractivity contribution in [2.45, 2.75) is 33.6 Å². The van der Waals surface area contributed by atoms with Crippen molar-refractivity contribution in [2.75, 3.05) is 26.4 Å². The molecule has 0 N–H and O–H groups in total. The second-order valence-corrected chi connectivity index (χ2v) is 3.10. The third-order valence-electron chi connectivity index (χ3n) is 1.80. The standard InChI is InChI=1S/C10H22O2/c1-4-11-8-6-7-10(3)9-12-5-2/h10H,4-9H2,1-3H3. The largest absolute Gasteiger partial charge is 0.382 e. The van der Waals surface area contributed by atoms with Gasteiger partial charge in [0, 0.05) is 26.4 Å². The van der Waals surface area contributed by atoms with E-state index in [9.17, 15) is 0 Å². The minimum absolute atomic E-state index is 0.672. The summed E-state index contributed by atoms with van der Waals surface area (Å²) in [6.07, 6.45) is 2.36. The monoisotopic (exact) mass is 174 g/mol. The molecule has 0 spiro atoms. The summed E-state index contributed by atoms with van der Waals surface area (Å²) in [5, 5.41) is 0. The molecule has 0 fully saturated rings. The lowest BCUT2D eigenvalue weighted by Crippen LogP contribution is -2.07. The van der Waals surface area contributed by atoms with Gasteiger partial charge in [0.15, 0.2) is 0 Å². The molecule has 12 heavy (non-hydrogen) atoms. The molecule has 0 rings (SSSR count). The van der Waals surface area contributed by atoms with Gasteiger partial charge in [0.25, 0.3) is 0 Å². The summed E-state index contributed by atoms with van der Waals surface area (Å²) in [4.78, 5) is 0. The first-order valence-corrected chi connectivity index (χ1v) is 4.96. The summed E-state index contributed by atoms with van der Waals surface area (Å²) in [5.41, 5.74) is 0. The van der Waals surface area contributed by atoms with Crippen molar-refractivity contribution >= 4 is 0 Å². The van der Waals surface area contributed by atoms with Crippen LogP contribution in [0.1, 0.15) is 33.6 Å². The van der Waals surface area contributed by atoms with E-state index in [1.165, 1.54) is 6.42 Å². The lowest BCUT2D eigenvalue weighted by Gasteiger charge is -2.10. The highest BCUT2D eigenvalue weighted by Crippen LogP contribution is 2.05. The fraction of sp³-hybridized carbons (Fsp3) is 1.00. The average molecular weight is 174 g/mol. The SMILES string of the molecule is CCOCCCC(C)COCC. The van der Waals surface area contributed by atoms with Crippen LogP contribution in [-0.4, -0.2) is 26.4 Å². The molecule has 0 aromatic rings. The van der Waals surface area contributed by atoms with Crippen LogP contribution in [0.5, 0.6) is 0 Å². The van der Waals surface area contributed by atoms with Crippen LogP contribution in [-0.2, 0) is 9.47 Å². The minimum atomic E-state index is 0.672. The summed E-state index contributed by atoms with van der Waals surface area (Å²) in [6, 6.07) is 0. The Morgan fingerprint density at radius 2 is 1.75 bits per heavy atom. The molecular weight excluding hydrogens is 152 g/mol. The van der Waals surface area contributed by atoms with Crippen LogP contribution in [0, 0.1) is 5.92 Å². The van der Waals surface area contributed by atoms with E-state index < -0.39 is 0 Å². The highest BCUT2D eigenvalue weighted by molar-refractivity contribution is 4.50. The van der Waals surface area contributed by atoms with Crippen LogP contribution in [0.4, 0.5) is 0 Å². The van der Waals surface area contributed by atoms with Crippen LogP contribution in [0.15, 0.2) is 0 Å². The maximum Gasteiger partial charge on any atom is 0.0491 e. The zero-order chi connectivity index (χ0) is 9.23. The minimum Gasteiger partial charge on any atom is -0.382 e. The molecule has 0 aromatic carbocycles. The van der Waals surface area contributed by atoms with Gasteiger partial charge >= 0.3 is 0 Å². The lowest BCUT2D eigenvalue weighted by atomic mass is 10.1. The van der Waals surface area contributed by atoms with Crippen molar-refractivity contribution in [3.05, 3.63) is 0 Å². The fourth-order valence-electron chi connectivity index (χ4n) is 1.08. The van der Waals surface area contributed by atoms with E-state index in [-0.39, 0.29) is 0 Å². The lowest BCUT2D eigenvalue weighted by molar-refractivity contribution is 0.101. The zero-order valence-corrected chi connectivity index (χ0v) is 8.64. The molecule has 0 saturated carbocycles. The Bertz CT molecular complexity index is 83.9. The molecule has 1 atom stereocenters. The molecule has 0 heterocycles. The van der Waals surface area contributed by atoms with Crippen molar-refractivity contribution in [1.82, 2.24) is 0 Å². The van der Waals surface area contributed by atoms with Crippen LogP contribution in [0.3, 0.4) is 0 Å². The molecule has 0 aliphatic rings. The second-order valence-electron chi connectivity index (χ2n) is 3.10. The van der Waals surface area contributed by atoms with Gasteiger partial charge in [-0.2, -0.15) is 0 Å². The summed E-state index contributed by atoms with van der Waals surface area (Å²) in [6.45, 7) is 9.74. The van der Waals surface area contributed by atoms with E-state index in [1.807, 2.05) is 13.8 Å². The maximum atomic E-state index is 5.31. The molecule has 0 bridgehead atoms. The highest BCUT2D eigenvalue weighted by Gasteiger charge is 2.00. The maximum absolute atomic E-state index is 5.31. The van der Waals surface area contributed by atoms with Crippen molar-refractivity contribution in [1.29, 1.82) is 0 Å². The van der Waals surface area contributed by atoms with E-state index in [1.54, 1.807) is 0 Å². The molecule has 0 radical (unpaired) electrons. The Kier molecular flexibility index (Phi) is 8.95. The van der Waals surface area contributed by atoms with Gasteiger partial charge in [0.2, 0.25) is 0 Å². The van der Waals surface area contributed by atoms with E-state index in [0.717, 1.165) is 32.8 Å². The first-order chi connectivity index (χ1) is 5.81. The molecular formula is C10H22O2. The van der Waals surface area contributed by atoms with Gasteiger partial charge in [-0.05, 0) is 32.6 Å². The van der Waals surface area contributed by atoms with Crippen molar-refractivity contribution in [3.63, 3.8) is 0 Å². The Hall–Kier alpha value is -0.0800. The summed E-state index contributed by atoms with van der Waals surface area (Å²) < 4.78 is 10.6. The molecule has 0 amide bonds. The molecule has 2 nitrogen and oxygen atoms in total. The van der Waals surface area contributed by atoms with Gasteiger partial charge in [0.05, 0.1) is 0 Å². The van der Waals surface area contributed by atoms with Crippen LogP contribution < -0.4 is 0 Å². The number of hydrogen-bond acceptors (Lipinski definition) is 2. The van der Waals surface area contributed by atoms with Crippen LogP contribution in [0.25, 0.3) is 0 Å². The van der Waals surface area contributed by atoms with E-state index in [2.05, 4.69) is 6.92 Å².